The number of hydrogen-bond acceptors (Lipinski definition) is 8. The van der Waals surface area contributed by atoms with Gasteiger partial charge >= 0.3 is 6.09 Å². The number of amides is 2. The highest BCUT2D eigenvalue weighted by atomic mass is 16.6. The number of nitrogens with zero attached hydrogens (tertiary/aromatic N) is 4. The minimum atomic E-state index is -0.555. The second-order valence-electron chi connectivity index (χ2n) is 8.49. The van der Waals surface area contributed by atoms with Crippen LogP contribution in [-0.2, 0) is 4.74 Å². The van der Waals surface area contributed by atoms with Gasteiger partial charge in [-0.3, -0.25) is 9.78 Å². The first-order valence-electron chi connectivity index (χ1n) is 10.3. The summed E-state index contributed by atoms with van der Waals surface area (Å²) in [7, 11) is 0. The van der Waals surface area contributed by atoms with E-state index in [1.807, 2.05) is 20.8 Å². The van der Waals surface area contributed by atoms with E-state index in [0.717, 1.165) is 12.8 Å². The van der Waals surface area contributed by atoms with Crippen LogP contribution in [0.2, 0.25) is 0 Å². The molecule has 0 radical (unpaired) electrons. The van der Waals surface area contributed by atoms with Crippen molar-refractivity contribution in [3.8, 4) is 0 Å². The van der Waals surface area contributed by atoms with E-state index in [0.29, 0.717) is 48.4 Å². The lowest BCUT2D eigenvalue weighted by molar-refractivity contribution is 0.0188. The number of hydrogen-bond donors (Lipinski definition) is 3. The number of nitrogens with one attached hydrogen (secondary N) is 2. The molecule has 4 N–H and O–H groups in total. The number of likely N-dealkylation sites (tertiary alicyclic amines) is 1. The molecule has 0 spiro atoms. The molecule has 10 nitrogen and oxygen atoms in total. The maximum Gasteiger partial charge on any atom is 0.410 e. The van der Waals surface area contributed by atoms with Crippen LogP contribution in [0.15, 0.2) is 30.9 Å². The molecule has 31 heavy (non-hydrogen) atoms. The fourth-order valence-electron chi connectivity index (χ4n) is 3.26. The zero-order chi connectivity index (χ0) is 22.4. The van der Waals surface area contributed by atoms with E-state index in [1.54, 1.807) is 29.6 Å². The third-order valence-corrected chi connectivity index (χ3v) is 4.84. The molecule has 1 fully saturated rings. The first-order chi connectivity index (χ1) is 14.7. The fourth-order valence-corrected chi connectivity index (χ4v) is 3.26. The Labute approximate surface area is 181 Å². The molecule has 1 saturated heterocycles. The summed E-state index contributed by atoms with van der Waals surface area (Å²) in [6, 6.07) is 1.73. The molecule has 166 valence electrons. The SMILES string of the molecule is CC(C)(C)OC(=O)N1CCC(CNc2cc(Nc3cnccn3)ncc2C(N)=O)CC1. The predicted octanol–water partition coefficient (Wildman–Crippen LogP) is 2.77. The summed E-state index contributed by atoms with van der Waals surface area (Å²) in [4.78, 5) is 38.2. The Hall–Kier alpha value is -3.43. The van der Waals surface area contributed by atoms with Crippen molar-refractivity contribution in [3.63, 3.8) is 0 Å². The minimum absolute atomic E-state index is 0.274. The van der Waals surface area contributed by atoms with Gasteiger partial charge in [-0.2, -0.15) is 0 Å². The van der Waals surface area contributed by atoms with Crippen LogP contribution in [0, 0.1) is 5.92 Å². The Balaban J connectivity index is 1.59. The van der Waals surface area contributed by atoms with Gasteiger partial charge in [0.15, 0.2) is 0 Å². The maximum atomic E-state index is 12.2. The van der Waals surface area contributed by atoms with Crippen LogP contribution in [0.25, 0.3) is 0 Å². The number of carbonyl (C=O) groups excluding carboxylic acids is 2. The van der Waals surface area contributed by atoms with E-state index in [1.165, 1.54) is 6.20 Å². The molecule has 1 aliphatic heterocycles. The first-order valence-corrected chi connectivity index (χ1v) is 10.3. The van der Waals surface area contributed by atoms with Crippen molar-refractivity contribution in [3.05, 3.63) is 36.4 Å². The van der Waals surface area contributed by atoms with Gasteiger partial charge in [0.1, 0.15) is 17.2 Å². The van der Waals surface area contributed by atoms with Crippen LogP contribution in [0.5, 0.6) is 0 Å². The number of rotatable bonds is 6. The molecule has 0 atom stereocenters. The molecule has 2 aromatic rings. The topological polar surface area (TPSA) is 135 Å². The van der Waals surface area contributed by atoms with Crippen molar-refractivity contribution in [2.24, 2.45) is 11.7 Å². The normalized spacial score (nSPS) is 14.7. The fraction of sp³-hybridized carbons (Fsp3) is 0.476. The molecule has 0 bridgehead atoms. The quantitative estimate of drug-likeness (QED) is 0.640. The molecular formula is C21H29N7O3. The number of piperidine rings is 1. The summed E-state index contributed by atoms with van der Waals surface area (Å²) >= 11 is 0. The first kappa shape index (κ1) is 22.3. The van der Waals surface area contributed by atoms with Crippen LogP contribution < -0.4 is 16.4 Å². The van der Waals surface area contributed by atoms with E-state index in [4.69, 9.17) is 10.5 Å². The van der Waals surface area contributed by atoms with Crippen molar-refractivity contribution < 1.29 is 14.3 Å². The number of ether oxygens (including phenoxy) is 1. The number of pyridine rings is 1. The number of nitrogens with two attached hydrogens (primary N) is 1. The summed E-state index contributed by atoms with van der Waals surface area (Å²) in [5, 5.41) is 6.37. The van der Waals surface area contributed by atoms with Crippen molar-refractivity contribution in [2.75, 3.05) is 30.3 Å². The summed E-state index contributed by atoms with van der Waals surface area (Å²) in [5.41, 5.74) is 5.92. The molecule has 0 saturated carbocycles. The van der Waals surface area contributed by atoms with Crippen molar-refractivity contribution in [1.29, 1.82) is 0 Å². The van der Waals surface area contributed by atoms with Crippen LogP contribution in [0.4, 0.5) is 22.1 Å². The van der Waals surface area contributed by atoms with E-state index >= 15 is 0 Å². The monoisotopic (exact) mass is 427 g/mol. The zero-order valence-electron chi connectivity index (χ0n) is 18.1. The highest BCUT2D eigenvalue weighted by Gasteiger charge is 2.27. The van der Waals surface area contributed by atoms with Crippen LogP contribution in [0.3, 0.4) is 0 Å². The molecule has 3 rings (SSSR count). The summed E-state index contributed by atoms with van der Waals surface area (Å²) in [6.45, 7) is 7.51. The van der Waals surface area contributed by atoms with Gasteiger partial charge in [0.25, 0.3) is 5.91 Å². The number of primary amides is 1. The van der Waals surface area contributed by atoms with Gasteiger partial charge in [-0.15, -0.1) is 0 Å². The molecule has 2 amide bonds. The Morgan fingerprint density at radius 3 is 2.52 bits per heavy atom. The zero-order valence-corrected chi connectivity index (χ0v) is 18.1. The molecule has 3 heterocycles. The largest absolute Gasteiger partial charge is 0.444 e. The number of carbonyl (C=O) groups is 2. The van der Waals surface area contributed by atoms with Gasteiger partial charge < -0.3 is 26.0 Å². The van der Waals surface area contributed by atoms with Crippen molar-refractivity contribution in [1.82, 2.24) is 19.9 Å². The standard InChI is InChI=1S/C21H29N7O3/c1-21(2,3)31-20(30)28-8-4-14(5-9-28)11-25-16-10-17(26-12-15(16)19(22)29)27-18-13-23-6-7-24-18/h6-7,10,12-14H,4-5,8-9,11H2,1-3H3,(H2,22,29)(H2,24,25,26,27). The molecule has 0 aliphatic carbocycles. The maximum absolute atomic E-state index is 12.2. The summed E-state index contributed by atoms with van der Waals surface area (Å²) in [6.07, 6.45) is 7.58. The van der Waals surface area contributed by atoms with Crippen molar-refractivity contribution >= 4 is 29.3 Å². The molecule has 0 aromatic carbocycles. The van der Waals surface area contributed by atoms with E-state index in [-0.39, 0.29) is 6.09 Å². The average Bonchev–Trinajstić information content (AvgIpc) is 2.72. The summed E-state index contributed by atoms with van der Waals surface area (Å²) < 4.78 is 5.44. The molecular weight excluding hydrogens is 398 g/mol. The predicted molar refractivity (Wildman–Crippen MR) is 117 cm³/mol. The highest BCUT2D eigenvalue weighted by Crippen LogP contribution is 2.24. The Kier molecular flexibility index (Phi) is 6.88. The highest BCUT2D eigenvalue weighted by molar-refractivity contribution is 5.98. The van der Waals surface area contributed by atoms with E-state index in [9.17, 15) is 9.59 Å². The smallest absolute Gasteiger partial charge is 0.410 e. The average molecular weight is 428 g/mol. The van der Waals surface area contributed by atoms with Gasteiger partial charge in [-0.1, -0.05) is 0 Å². The Bertz CT molecular complexity index is 907. The Morgan fingerprint density at radius 2 is 1.90 bits per heavy atom. The molecule has 0 unspecified atom stereocenters. The lowest BCUT2D eigenvalue weighted by Crippen LogP contribution is -2.42. The van der Waals surface area contributed by atoms with Crippen LogP contribution in [-0.4, -0.2) is 57.1 Å². The molecule has 1 aliphatic rings. The van der Waals surface area contributed by atoms with Gasteiger partial charge in [0, 0.05) is 44.3 Å². The van der Waals surface area contributed by atoms with Crippen molar-refractivity contribution in [2.45, 2.75) is 39.2 Å². The number of aromatic nitrogens is 3. The van der Waals surface area contributed by atoms with Gasteiger partial charge in [0.2, 0.25) is 0 Å². The summed E-state index contributed by atoms with van der Waals surface area (Å²) in [5.74, 6) is 0.861. The minimum Gasteiger partial charge on any atom is -0.444 e. The second-order valence-corrected chi connectivity index (χ2v) is 8.49. The van der Waals surface area contributed by atoms with Crippen LogP contribution >= 0.6 is 0 Å². The number of anilines is 3. The van der Waals surface area contributed by atoms with Gasteiger partial charge in [-0.05, 0) is 39.5 Å². The van der Waals surface area contributed by atoms with E-state index in [2.05, 4.69) is 25.6 Å². The third kappa shape index (κ3) is 6.53. The molecule has 10 heteroatoms. The van der Waals surface area contributed by atoms with Crippen LogP contribution in [0.1, 0.15) is 44.0 Å². The lowest BCUT2D eigenvalue weighted by Gasteiger charge is -2.33. The lowest BCUT2D eigenvalue weighted by atomic mass is 9.97. The van der Waals surface area contributed by atoms with E-state index < -0.39 is 11.5 Å². The molecule has 2 aromatic heterocycles. The third-order valence-electron chi connectivity index (χ3n) is 4.84. The van der Waals surface area contributed by atoms with Gasteiger partial charge in [0.05, 0.1) is 17.4 Å². The van der Waals surface area contributed by atoms with Gasteiger partial charge in [-0.25, -0.2) is 14.8 Å². The second kappa shape index (κ2) is 9.59. The Morgan fingerprint density at radius 1 is 1.16 bits per heavy atom.